The van der Waals surface area contributed by atoms with Gasteiger partial charge in [-0.1, -0.05) is 23.8 Å². The van der Waals surface area contributed by atoms with Crippen LogP contribution in [0.3, 0.4) is 0 Å². The van der Waals surface area contributed by atoms with Crippen molar-refractivity contribution in [1.29, 1.82) is 0 Å². The van der Waals surface area contributed by atoms with Gasteiger partial charge in [-0.3, -0.25) is 4.79 Å². The van der Waals surface area contributed by atoms with Crippen molar-refractivity contribution in [2.24, 2.45) is 0 Å². The molecule has 0 atom stereocenters. The smallest absolute Gasteiger partial charge is 0.269 e. The lowest BCUT2D eigenvalue weighted by Gasteiger charge is -2.13. The highest BCUT2D eigenvalue weighted by Gasteiger charge is 2.09. The Bertz CT molecular complexity index is 784. The Kier molecular flexibility index (Phi) is 6.85. The fourth-order valence-electron chi connectivity index (χ4n) is 3.17. The molecule has 0 aliphatic heterocycles. The lowest BCUT2D eigenvalue weighted by atomic mass is 9.97. The van der Waals surface area contributed by atoms with Gasteiger partial charge in [-0.2, -0.15) is 0 Å². The third kappa shape index (κ3) is 5.58. The molecule has 1 aromatic carbocycles. The zero-order valence-electron chi connectivity index (χ0n) is 15.8. The summed E-state index contributed by atoms with van der Waals surface area (Å²) in [4.78, 5) is 16.5. The molecule has 5 nitrogen and oxygen atoms in total. The van der Waals surface area contributed by atoms with Crippen LogP contribution in [-0.4, -0.2) is 24.0 Å². The van der Waals surface area contributed by atoms with Gasteiger partial charge in [0.05, 0.1) is 24.2 Å². The highest BCUT2D eigenvalue weighted by molar-refractivity contribution is 5.92. The van der Waals surface area contributed by atoms with Crippen LogP contribution in [0.5, 0.6) is 5.75 Å². The number of benzene rings is 1. The Morgan fingerprint density at radius 1 is 1.19 bits per heavy atom. The third-order valence-corrected chi connectivity index (χ3v) is 4.58. The van der Waals surface area contributed by atoms with E-state index in [1.54, 1.807) is 12.3 Å². The summed E-state index contributed by atoms with van der Waals surface area (Å²) in [5.41, 5.74) is 3.57. The lowest BCUT2D eigenvalue weighted by Crippen LogP contribution is -2.25. The summed E-state index contributed by atoms with van der Waals surface area (Å²) in [6.07, 6.45) is 9.80. The Hall–Kier alpha value is -2.82. The van der Waals surface area contributed by atoms with Crippen molar-refractivity contribution in [2.45, 2.75) is 39.0 Å². The molecule has 0 fully saturated rings. The molecule has 3 rings (SSSR count). The van der Waals surface area contributed by atoms with Gasteiger partial charge in [0.25, 0.3) is 5.91 Å². The number of amides is 1. The molecule has 0 bridgehead atoms. The maximum atomic E-state index is 12.3. The van der Waals surface area contributed by atoms with Crippen LogP contribution >= 0.6 is 0 Å². The Morgan fingerprint density at radius 2 is 2.07 bits per heavy atom. The largest absolute Gasteiger partial charge is 0.492 e. The first-order valence-corrected chi connectivity index (χ1v) is 9.67. The molecule has 27 heavy (non-hydrogen) atoms. The van der Waals surface area contributed by atoms with E-state index in [0.29, 0.717) is 18.8 Å². The minimum atomic E-state index is -0.132. The van der Waals surface area contributed by atoms with Crippen LogP contribution in [0.15, 0.2) is 54.2 Å². The van der Waals surface area contributed by atoms with E-state index >= 15 is 0 Å². The van der Waals surface area contributed by atoms with Gasteiger partial charge < -0.3 is 15.4 Å². The molecule has 0 saturated carbocycles. The topological polar surface area (TPSA) is 63.2 Å². The zero-order chi connectivity index (χ0) is 18.9. The molecule has 1 heterocycles. The van der Waals surface area contributed by atoms with E-state index < -0.39 is 0 Å². The number of pyridine rings is 1. The molecule has 2 N–H and O–H groups in total. The maximum absolute atomic E-state index is 12.3. The molecule has 1 amide bonds. The second kappa shape index (κ2) is 9.76. The number of nitrogens with zero attached hydrogens (tertiary/aromatic N) is 1. The van der Waals surface area contributed by atoms with E-state index in [4.69, 9.17) is 4.74 Å². The van der Waals surface area contributed by atoms with Crippen LogP contribution in [0.1, 0.15) is 49.5 Å². The third-order valence-electron chi connectivity index (χ3n) is 4.58. The van der Waals surface area contributed by atoms with Crippen LogP contribution in [0.25, 0.3) is 0 Å². The second-order valence-electron chi connectivity index (χ2n) is 6.60. The highest BCUT2D eigenvalue weighted by atomic mass is 16.5. The van der Waals surface area contributed by atoms with E-state index in [1.807, 2.05) is 37.3 Å². The summed E-state index contributed by atoms with van der Waals surface area (Å²) in [7, 11) is 0. The summed E-state index contributed by atoms with van der Waals surface area (Å²) in [6.45, 7) is 3.22. The quantitative estimate of drug-likeness (QED) is 0.657. The second-order valence-corrected chi connectivity index (χ2v) is 6.60. The van der Waals surface area contributed by atoms with Gasteiger partial charge >= 0.3 is 0 Å². The first-order chi connectivity index (χ1) is 13.3. The number of aromatic nitrogens is 1. The minimum absolute atomic E-state index is 0.132. The summed E-state index contributed by atoms with van der Waals surface area (Å²) < 4.78 is 5.61. The van der Waals surface area contributed by atoms with Gasteiger partial charge in [0, 0.05) is 6.54 Å². The molecule has 1 aromatic heterocycles. The van der Waals surface area contributed by atoms with E-state index in [-0.39, 0.29) is 5.91 Å². The van der Waals surface area contributed by atoms with Crippen molar-refractivity contribution < 1.29 is 9.53 Å². The SMILES string of the molecule is CCOc1ccccc1Nc1ccc(C(=O)NCCC2=CCCCC2)nc1. The number of hydrogen-bond donors (Lipinski definition) is 2. The fraction of sp³-hybridized carbons (Fsp3) is 0.364. The molecule has 1 aliphatic carbocycles. The number of para-hydroxylation sites is 2. The number of hydrogen-bond acceptors (Lipinski definition) is 4. The lowest BCUT2D eigenvalue weighted by molar-refractivity contribution is 0.0949. The molecule has 0 radical (unpaired) electrons. The van der Waals surface area contributed by atoms with E-state index in [9.17, 15) is 4.79 Å². The predicted molar refractivity (Wildman–Crippen MR) is 109 cm³/mol. The van der Waals surface area contributed by atoms with Gasteiger partial charge in [0.1, 0.15) is 11.4 Å². The van der Waals surface area contributed by atoms with E-state index in [1.165, 1.54) is 24.8 Å². The molecule has 142 valence electrons. The highest BCUT2D eigenvalue weighted by Crippen LogP contribution is 2.27. The molecule has 0 unspecified atom stereocenters. The van der Waals surface area contributed by atoms with Gasteiger partial charge in [-0.25, -0.2) is 4.98 Å². The molecular formula is C22H27N3O2. The normalized spacial score (nSPS) is 13.6. The molecule has 2 aromatic rings. The summed E-state index contributed by atoms with van der Waals surface area (Å²) >= 11 is 0. The van der Waals surface area contributed by atoms with Crippen LogP contribution < -0.4 is 15.4 Å². The Morgan fingerprint density at radius 3 is 2.81 bits per heavy atom. The van der Waals surface area contributed by atoms with Crippen LogP contribution in [0.4, 0.5) is 11.4 Å². The molecular weight excluding hydrogens is 338 g/mol. The number of allylic oxidation sites excluding steroid dienone is 1. The van der Waals surface area contributed by atoms with Crippen LogP contribution in [0.2, 0.25) is 0 Å². The van der Waals surface area contributed by atoms with Gasteiger partial charge in [0.15, 0.2) is 0 Å². The van der Waals surface area contributed by atoms with Crippen LogP contribution in [-0.2, 0) is 0 Å². The van der Waals surface area contributed by atoms with Gasteiger partial charge in [-0.15, -0.1) is 0 Å². The number of rotatable bonds is 8. The van der Waals surface area contributed by atoms with Crippen molar-refractivity contribution in [2.75, 3.05) is 18.5 Å². The Labute approximate surface area is 160 Å². The fourth-order valence-corrected chi connectivity index (χ4v) is 3.17. The van der Waals surface area contributed by atoms with Crippen molar-refractivity contribution in [3.63, 3.8) is 0 Å². The molecule has 0 saturated heterocycles. The summed E-state index contributed by atoms with van der Waals surface area (Å²) in [5, 5.41) is 6.24. The molecule has 1 aliphatic rings. The number of carbonyl (C=O) groups excluding carboxylic acids is 1. The van der Waals surface area contributed by atoms with E-state index in [0.717, 1.165) is 30.0 Å². The minimum Gasteiger partial charge on any atom is -0.492 e. The van der Waals surface area contributed by atoms with E-state index in [2.05, 4.69) is 21.7 Å². The van der Waals surface area contributed by atoms with Gasteiger partial charge in [-0.05, 0) is 63.3 Å². The predicted octanol–water partition coefficient (Wildman–Crippen LogP) is 4.84. The molecule has 5 heteroatoms. The maximum Gasteiger partial charge on any atom is 0.269 e. The Balaban J connectivity index is 1.53. The average molecular weight is 365 g/mol. The van der Waals surface area contributed by atoms with Gasteiger partial charge in [0.2, 0.25) is 0 Å². The molecule has 0 spiro atoms. The average Bonchev–Trinajstić information content (AvgIpc) is 2.71. The van der Waals surface area contributed by atoms with Crippen molar-refractivity contribution in [1.82, 2.24) is 10.3 Å². The zero-order valence-corrected chi connectivity index (χ0v) is 15.8. The van der Waals surface area contributed by atoms with Crippen molar-refractivity contribution in [3.05, 3.63) is 59.9 Å². The van der Waals surface area contributed by atoms with Crippen LogP contribution in [0, 0.1) is 0 Å². The number of anilines is 2. The monoisotopic (exact) mass is 365 g/mol. The summed E-state index contributed by atoms with van der Waals surface area (Å²) in [6, 6.07) is 11.3. The van der Waals surface area contributed by atoms with Crippen molar-refractivity contribution >= 4 is 17.3 Å². The standard InChI is InChI=1S/C22H27N3O2/c1-2-27-21-11-7-6-10-19(21)25-18-12-13-20(24-16-18)22(26)23-15-14-17-8-4-3-5-9-17/h6-8,10-13,16,25H,2-5,9,14-15H2,1H3,(H,23,26). The number of ether oxygens (including phenoxy) is 1. The number of carbonyl (C=O) groups is 1. The number of nitrogens with one attached hydrogen (secondary N) is 2. The van der Waals surface area contributed by atoms with Crippen molar-refractivity contribution in [3.8, 4) is 5.75 Å². The first kappa shape index (κ1) is 19.0. The summed E-state index contributed by atoms with van der Waals surface area (Å²) in [5.74, 6) is 0.659. The first-order valence-electron chi connectivity index (χ1n) is 9.67.